The summed E-state index contributed by atoms with van der Waals surface area (Å²) in [6.45, 7) is 0. The van der Waals surface area contributed by atoms with Crippen LogP contribution < -0.4 is 21.1 Å². The Morgan fingerprint density at radius 1 is 0.903 bits per heavy atom. The fourth-order valence-electron chi connectivity index (χ4n) is 2.57. The van der Waals surface area contributed by atoms with Crippen molar-refractivity contribution in [1.82, 2.24) is 0 Å². The van der Waals surface area contributed by atoms with Gasteiger partial charge in [-0.1, -0.05) is 17.7 Å². The lowest BCUT2D eigenvalue weighted by molar-refractivity contribution is 0.0697. The summed E-state index contributed by atoms with van der Waals surface area (Å²) in [5.41, 5.74) is 6.87. The van der Waals surface area contributed by atoms with E-state index in [1.165, 1.54) is 60.7 Å². The van der Waals surface area contributed by atoms with Crippen LogP contribution in [0.1, 0.15) is 10.4 Å². The summed E-state index contributed by atoms with van der Waals surface area (Å²) in [5, 5.41) is 14.4. The molecule has 0 radical (unpaired) electrons. The molecule has 0 atom stereocenters. The molecular formula is C20H17ClN4O5S. The number of amides is 2. The number of carbonyl (C=O) groups excluding carboxylic acids is 1. The molecule has 3 aromatic carbocycles. The van der Waals surface area contributed by atoms with Crippen molar-refractivity contribution >= 4 is 56.4 Å². The van der Waals surface area contributed by atoms with Crippen molar-refractivity contribution in [2.75, 3.05) is 21.1 Å². The van der Waals surface area contributed by atoms with Gasteiger partial charge in [0, 0.05) is 16.4 Å². The molecule has 2 amide bonds. The highest BCUT2D eigenvalue weighted by Gasteiger charge is 2.16. The van der Waals surface area contributed by atoms with E-state index < -0.39 is 22.0 Å². The van der Waals surface area contributed by atoms with Crippen LogP contribution in [0.15, 0.2) is 71.6 Å². The summed E-state index contributed by atoms with van der Waals surface area (Å²) < 4.78 is 27.6. The number of carboxylic acid groups (broad SMARTS) is 1. The molecule has 9 nitrogen and oxygen atoms in total. The predicted molar refractivity (Wildman–Crippen MR) is 119 cm³/mol. The molecular weight excluding hydrogens is 444 g/mol. The van der Waals surface area contributed by atoms with E-state index in [4.69, 9.17) is 22.4 Å². The minimum atomic E-state index is -3.98. The highest BCUT2D eigenvalue weighted by atomic mass is 35.5. The summed E-state index contributed by atoms with van der Waals surface area (Å²) in [7, 11) is -3.98. The first-order chi connectivity index (χ1) is 14.6. The van der Waals surface area contributed by atoms with Gasteiger partial charge in [0.25, 0.3) is 10.0 Å². The molecule has 31 heavy (non-hydrogen) atoms. The number of rotatable bonds is 6. The molecule has 0 unspecified atom stereocenters. The van der Waals surface area contributed by atoms with Crippen molar-refractivity contribution in [3.8, 4) is 0 Å². The van der Waals surface area contributed by atoms with Gasteiger partial charge in [-0.3, -0.25) is 4.72 Å². The maximum Gasteiger partial charge on any atom is 0.335 e. The Kier molecular flexibility index (Phi) is 6.33. The third-order valence-electron chi connectivity index (χ3n) is 4.05. The zero-order valence-corrected chi connectivity index (χ0v) is 17.4. The van der Waals surface area contributed by atoms with Crippen LogP contribution in [0.5, 0.6) is 0 Å². The van der Waals surface area contributed by atoms with E-state index in [0.29, 0.717) is 10.7 Å². The average Bonchev–Trinajstić information content (AvgIpc) is 2.70. The standard InChI is InChI=1S/C20H17ClN4O5S/c21-13-6-9-18(17(22)10-13)24-20(28)23-15-2-1-3-16(11-15)31(29,30)25-14-7-4-12(5-8-14)19(26)27/h1-11,25H,22H2,(H,26,27)(H2,23,24,28). The van der Waals surface area contributed by atoms with Gasteiger partial charge < -0.3 is 21.5 Å². The third-order valence-corrected chi connectivity index (χ3v) is 5.66. The number of nitrogen functional groups attached to an aromatic ring is 1. The summed E-state index contributed by atoms with van der Waals surface area (Å²) in [4.78, 5) is 23.0. The molecule has 0 fully saturated rings. The number of benzene rings is 3. The van der Waals surface area contributed by atoms with Crippen molar-refractivity contribution in [3.05, 3.63) is 77.3 Å². The summed E-state index contributed by atoms with van der Waals surface area (Å²) >= 11 is 5.83. The lowest BCUT2D eigenvalue weighted by Crippen LogP contribution is -2.20. The van der Waals surface area contributed by atoms with Crippen molar-refractivity contribution in [2.45, 2.75) is 4.90 Å². The fraction of sp³-hybridized carbons (Fsp3) is 0. The first-order valence-corrected chi connectivity index (χ1v) is 10.6. The van der Waals surface area contributed by atoms with E-state index in [1.807, 2.05) is 0 Å². The Labute approximate surface area is 182 Å². The van der Waals surface area contributed by atoms with E-state index in [0.717, 1.165) is 0 Å². The SMILES string of the molecule is Nc1cc(Cl)ccc1NC(=O)Nc1cccc(S(=O)(=O)Nc2ccc(C(=O)O)cc2)c1. The van der Waals surface area contributed by atoms with Gasteiger partial charge in [0.1, 0.15) is 0 Å². The number of carbonyl (C=O) groups is 2. The first-order valence-electron chi connectivity index (χ1n) is 8.73. The molecule has 0 aliphatic heterocycles. The lowest BCUT2D eigenvalue weighted by Gasteiger charge is -2.12. The van der Waals surface area contributed by atoms with Crippen LogP contribution in [-0.4, -0.2) is 25.5 Å². The number of hydrogen-bond donors (Lipinski definition) is 5. The first kappa shape index (κ1) is 21.9. The molecule has 0 saturated heterocycles. The topological polar surface area (TPSA) is 151 Å². The van der Waals surface area contributed by atoms with Gasteiger partial charge in [-0.25, -0.2) is 18.0 Å². The molecule has 11 heteroatoms. The zero-order chi connectivity index (χ0) is 22.6. The van der Waals surface area contributed by atoms with Crippen molar-refractivity contribution in [3.63, 3.8) is 0 Å². The molecule has 0 bridgehead atoms. The van der Waals surface area contributed by atoms with Gasteiger partial charge in [-0.05, 0) is 60.7 Å². The quantitative estimate of drug-likeness (QED) is 0.350. The Morgan fingerprint density at radius 2 is 1.61 bits per heavy atom. The Balaban J connectivity index is 1.72. The second-order valence-electron chi connectivity index (χ2n) is 6.33. The molecule has 0 aromatic heterocycles. The number of anilines is 4. The molecule has 3 rings (SSSR count). The Hall–Kier alpha value is -3.76. The smallest absolute Gasteiger partial charge is 0.335 e. The molecule has 0 spiro atoms. The second kappa shape index (κ2) is 8.94. The fourth-order valence-corrected chi connectivity index (χ4v) is 3.85. The molecule has 160 valence electrons. The van der Waals surface area contributed by atoms with Gasteiger partial charge in [0.15, 0.2) is 0 Å². The maximum absolute atomic E-state index is 12.6. The van der Waals surface area contributed by atoms with Gasteiger partial charge in [0.2, 0.25) is 0 Å². The van der Waals surface area contributed by atoms with Gasteiger partial charge in [0.05, 0.1) is 21.8 Å². The molecule has 0 heterocycles. The number of hydrogen-bond acceptors (Lipinski definition) is 5. The lowest BCUT2D eigenvalue weighted by atomic mass is 10.2. The number of urea groups is 1. The number of carboxylic acids is 1. The zero-order valence-electron chi connectivity index (χ0n) is 15.8. The van der Waals surface area contributed by atoms with Crippen LogP contribution in [0, 0.1) is 0 Å². The average molecular weight is 461 g/mol. The van der Waals surface area contributed by atoms with Crippen LogP contribution in [0.2, 0.25) is 5.02 Å². The van der Waals surface area contributed by atoms with Crippen LogP contribution in [-0.2, 0) is 10.0 Å². The minimum absolute atomic E-state index is 0.0291. The molecule has 0 saturated carbocycles. The van der Waals surface area contributed by atoms with E-state index >= 15 is 0 Å². The van der Waals surface area contributed by atoms with E-state index in [9.17, 15) is 18.0 Å². The van der Waals surface area contributed by atoms with E-state index in [1.54, 1.807) is 6.07 Å². The largest absolute Gasteiger partial charge is 0.478 e. The normalized spacial score (nSPS) is 10.9. The maximum atomic E-state index is 12.6. The monoisotopic (exact) mass is 460 g/mol. The van der Waals surface area contributed by atoms with Crippen molar-refractivity contribution < 1.29 is 23.1 Å². The second-order valence-corrected chi connectivity index (χ2v) is 8.45. The highest BCUT2D eigenvalue weighted by Crippen LogP contribution is 2.23. The predicted octanol–water partition coefficient (Wildman–Crippen LogP) is 4.07. The Bertz CT molecular complexity index is 1250. The molecule has 0 aliphatic rings. The number of halogens is 1. The summed E-state index contributed by atoms with van der Waals surface area (Å²) in [5.74, 6) is -1.12. The van der Waals surface area contributed by atoms with Crippen LogP contribution in [0.3, 0.4) is 0 Å². The van der Waals surface area contributed by atoms with Crippen LogP contribution in [0.4, 0.5) is 27.5 Å². The van der Waals surface area contributed by atoms with Crippen LogP contribution in [0.25, 0.3) is 0 Å². The minimum Gasteiger partial charge on any atom is -0.478 e. The van der Waals surface area contributed by atoms with Gasteiger partial charge >= 0.3 is 12.0 Å². The van der Waals surface area contributed by atoms with Crippen LogP contribution >= 0.6 is 11.6 Å². The van der Waals surface area contributed by atoms with Gasteiger partial charge in [-0.15, -0.1) is 0 Å². The summed E-state index contributed by atoms with van der Waals surface area (Å²) in [6, 6.07) is 14.8. The number of nitrogens with one attached hydrogen (secondary N) is 3. The molecule has 3 aromatic rings. The molecule has 6 N–H and O–H groups in total. The van der Waals surface area contributed by atoms with E-state index in [2.05, 4.69) is 15.4 Å². The summed E-state index contributed by atoms with van der Waals surface area (Å²) in [6.07, 6.45) is 0. The number of sulfonamides is 1. The Morgan fingerprint density at radius 3 is 2.26 bits per heavy atom. The third kappa shape index (κ3) is 5.65. The molecule has 0 aliphatic carbocycles. The van der Waals surface area contributed by atoms with Crippen molar-refractivity contribution in [2.24, 2.45) is 0 Å². The van der Waals surface area contributed by atoms with Gasteiger partial charge in [-0.2, -0.15) is 0 Å². The van der Waals surface area contributed by atoms with E-state index in [-0.39, 0.29) is 27.5 Å². The number of nitrogens with two attached hydrogens (primary N) is 1. The highest BCUT2D eigenvalue weighted by molar-refractivity contribution is 7.92. The number of aromatic carboxylic acids is 1. The van der Waals surface area contributed by atoms with Crippen molar-refractivity contribution in [1.29, 1.82) is 0 Å².